The number of hydrogen-bond donors (Lipinski definition) is 1. The van der Waals surface area contributed by atoms with Crippen LogP contribution < -0.4 is 4.74 Å². The van der Waals surface area contributed by atoms with Crippen LogP contribution in [0.3, 0.4) is 0 Å². The predicted octanol–water partition coefficient (Wildman–Crippen LogP) is 6.62. The summed E-state index contributed by atoms with van der Waals surface area (Å²) >= 11 is 0. The molecule has 0 radical (unpaired) electrons. The van der Waals surface area contributed by atoms with Crippen molar-refractivity contribution in [3.05, 3.63) is 138 Å². The molecule has 1 N–H and O–H groups in total. The van der Waals surface area contributed by atoms with Gasteiger partial charge in [0.25, 0.3) is 0 Å². The molecule has 218 valence electrons. The third-order valence-electron chi connectivity index (χ3n) is 8.25. The van der Waals surface area contributed by atoms with Crippen molar-refractivity contribution >= 4 is 16.9 Å². The number of rotatable bonds is 9. The molecule has 2 aromatic heterocycles. The van der Waals surface area contributed by atoms with Crippen LogP contribution in [0.2, 0.25) is 0 Å². The quantitative estimate of drug-likeness (QED) is 0.200. The lowest BCUT2D eigenvalue weighted by Gasteiger charge is -2.37. The Balaban J connectivity index is 1.79. The Labute approximate surface area is 252 Å². The first-order chi connectivity index (χ1) is 20.8. The van der Waals surface area contributed by atoms with E-state index in [1.54, 1.807) is 12.3 Å². The standard InChI is InChI=1S/C36H36N4O3/c1-25(2)39-23-21-35(24-39,34(41)42)32-31-30(20-22-37-33(31)43-26(3)4)40(38-32)36(27-14-8-5-9-15-27,28-16-10-6-11-17-28)29-18-12-7-13-19-29/h5-23,25-26H,24H2,1-4H3,(H,41,42). The summed E-state index contributed by atoms with van der Waals surface area (Å²) in [6.45, 7) is 8.24. The minimum Gasteiger partial charge on any atom is -0.480 e. The van der Waals surface area contributed by atoms with Crippen LogP contribution in [0.4, 0.5) is 0 Å². The molecule has 43 heavy (non-hydrogen) atoms. The second-order valence-corrected chi connectivity index (χ2v) is 11.6. The van der Waals surface area contributed by atoms with Crippen molar-refractivity contribution < 1.29 is 14.6 Å². The monoisotopic (exact) mass is 572 g/mol. The Morgan fingerprint density at radius 2 is 1.40 bits per heavy atom. The summed E-state index contributed by atoms with van der Waals surface area (Å²) in [4.78, 5) is 20.0. The van der Waals surface area contributed by atoms with Crippen molar-refractivity contribution in [2.24, 2.45) is 0 Å². The van der Waals surface area contributed by atoms with Crippen molar-refractivity contribution in [1.29, 1.82) is 0 Å². The molecule has 1 aliphatic rings. The SMILES string of the molecule is CC(C)Oc1nccc2c1c(C1(C(=O)O)C=CN(C(C)C)C1)nn2C(c1ccccc1)(c1ccccc1)c1ccccc1. The van der Waals surface area contributed by atoms with E-state index in [-0.39, 0.29) is 18.7 Å². The largest absolute Gasteiger partial charge is 0.480 e. The molecule has 0 aliphatic carbocycles. The maximum absolute atomic E-state index is 13.3. The normalized spacial score (nSPS) is 16.8. The summed E-state index contributed by atoms with van der Waals surface area (Å²) in [5.41, 5.74) is 1.74. The number of nitrogens with zero attached hydrogens (tertiary/aromatic N) is 4. The summed E-state index contributed by atoms with van der Waals surface area (Å²) < 4.78 is 8.26. The number of carbonyl (C=O) groups is 1. The average molecular weight is 573 g/mol. The van der Waals surface area contributed by atoms with Gasteiger partial charge in [-0.05, 0) is 62.7 Å². The van der Waals surface area contributed by atoms with Gasteiger partial charge in [0, 0.05) is 18.8 Å². The van der Waals surface area contributed by atoms with Crippen molar-refractivity contribution in [3.63, 3.8) is 0 Å². The van der Waals surface area contributed by atoms with Crippen LogP contribution in [0.1, 0.15) is 50.1 Å². The van der Waals surface area contributed by atoms with Gasteiger partial charge in [-0.25, -0.2) is 9.67 Å². The number of hydrogen-bond acceptors (Lipinski definition) is 5. The van der Waals surface area contributed by atoms with Crippen molar-refractivity contribution in [2.45, 2.75) is 50.8 Å². The first-order valence-electron chi connectivity index (χ1n) is 14.7. The van der Waals surface area contributed by atoms with Gasteiger partial charge in [0.1, 0.15) is 11.0 Å². The maximum Gasteiger partial charge on any atom is 0.321 e. The van der Waals surface area contributed by atoms with Gasteiger partial charge in [-0.15, -0.1) is 0 Å². The number of pyridine rings is 1. The van der Waals surface area contributed by atoms with E-state index in [1.165, 1.54) is 0 Å². The zero-order chi connectivity index (χ0) is 30.2. The fourth-order valence-corrected chi connectivity index (χ4v) is 6.19. The van der Waals surface area contributed by atoms with Crippen molar-refractivity contribution in [3.8, 4) is 5.88 Å². The topological polar surface area (TPSA) is 80.5 Å². The van der Waals surface area contributed by atoms with E-state index >= 15 is 0 Å². The highest BCUT2D eigenvalue weighted by atomic mass is 16.5. The zero-order valence-electron chi connectivity index (χ0n) is 24.9. The lowest BCUT2D eigenvalue weighted by atomic mass is 9.77. The van der Waals surface area contributed by atoms with Gasteiger partial charge >= 0.3 is 5.97 Å². The van der Waals surface area contributed by atoms with Crippen LogP contribution in [0.5, 0.6) is 5.88 Å². The molecule has 3 heterocycles. The number of fused-ring (bicyclic) bond motifs is 1. The van der Waals surface area contributed by atoms with Gasteiger partial charge in [-0.1, -0.05) is 91.0 Å². The molecule has 0 amide bonds. The summed E-state index contributed by atoms with van der Waals surface area (Å²) in [6, 6.07) is 32.8. The maximum atomic E-state index is 13.3. The molecule has 5 aromatic rings. The first kappa shape index (κ1) is 28.2. The van der Waals surface area contributed by atoms with E-state index in [2.05, 4.69) is 55.2 Å². The molecular weight excluding hydrogens is 536 g/mol. The van der Waals surface area contributed by atoms with E-state index in [1.807, 2.05) is 90.3 Å². The Hall–Kier alpha value is -4.91. The van der Waals surface area contributed by atoms with Crippen LogP contribution in [0.15, 0.2) is 116 Å². The summed E-state index contributed by atoms with van der Waals surface area (Å²) in [5.74, 6) is -0.601. The highest BCUT2D eigenvalue weighted by Crippen LogP contribution is 2.46. The highest BCUT2D eigenvalue weighted by Gasteiger charge is 2.50. The van der Waals surface area contributed by atoms with E-state index in [0.717, 1.165) is 22.2 Å². The van der Waals surface area contributed by atoms with Crippen LogP contribution in [-0.2, 0) is 15.7 Å². The first-order valence-corrected chi connectivity index (χ1v) is 14.7. The van der Waals surface area contributed by atoms with Gasteiger partial charge in [0.05, 0.1) is 22.7 Å². The molecule has 0 fully saturated rings. The van der Waals surface area contributed by atoms with E-state index < -0.39 is 16.9 Å². The average Bonchev–Trinajstić information content (AvgIpc) is 3.64. The van der Waals surface area contributed by atoms with E-state index in [9.17, 15) is 9.90 Å². The van der Waals surface area contributed by atoms with Gasteiger partial charge < -0.3 is 14.7 Å². The fourth-order valence-electron chi connectivity index (χ4n) is 6.19. The summed E-state index contributed by atoms with van der Waals surface area (Å²) in [7, 11) is 0. The molecule has 7 heteroatoms. The summed E-state index contributed by atoms with van der Waals surface area (Å²) in [6.07, 6.45) is 5.18. The van der Waals surface area contributed by atoms with Crippen LogP contribution >= 0.6 is 0 Å². The van der Waals surface area contributed by atoms with Gasteiger partial charge in [0.15, 0.2) is 0 Å². The predicted molar refractivity (Wildman–Crippen MR) is 168 cm³/mol. The van der Waals surface area contributed by atoms with Crippen LogP contribution in [0.25, 0.3) is 10.9 Å². The third kappa shape index (κ3) is 4.56. The fraction of sp³-hybridized carbons (Fsp3) is 0.250. The molecule has 0 bridgehead atoms. The van der Waals surface area contributed by atoms with Crippen molar-refractivity contribution in [1.82, 2.24) is 19.7 Å². The zero-order valence-corrected chi connectivity index (χ0v) is 24.9. The number of aliphatic carboxylic acids is 1. The number of carboxylic acid groups (broad SMARTS) is 1. The molecule has 3 aromatic carbocycles. The van der Waals surface area contributed by atoms with Crippen LogP contribution in [0, 0.1) is 0 Å². The Morgan fingerprint density at radius 3 is 1.84 bits per heavy atom. The number of aromatic nitrogens is 3. The molecule has 6 rings (SSSR count). The lowest BCUT2D eigenvalue weighted by molar-refractivity contribution is -0.142. The second-order valence-electron chi connectivity index (χ2n) is 11.6. The number of ether oxygens (including phenoxy) is 1. The molecular formula is C36H36N4O3. The van der Waals surface area contributed by atoms with E-state index in [4.69, 9.17) is 9.84 Å². The molecule has 0 saturated carbocycles. The molecule has 1 unspecified atom stereocenters. The molecule has 1 atom stereocenters. The smallest absolute Gasteiger partial charge is 0.321 e. The molecule has 1 aliphatic heterocycles. The summed E-state index contributed by atoms with van der Waals surface area (Å²) in [5, 5.41) is 16.9. The molecule has 0 saturated heterocycles. The Morgan fingerprint density at radius 1 is 0.860 bits per heavy atom. The minimum atomic E-state index is -1.41. The number of carboxylic acids is 1. The Bertz CT molecular complexity index is 1670. The van der Waals surface area contributed by atoms with E-state index in [0.29, 0.717) is 17.0 Å². The van der Waals surface area contributed by atoms with Crippen molar-refractivity contribution in [2.75, 3.05) is 6.54 Å². The molecule has 0 spiro atoms. The van der Waals surface area contributed by atoms with Gasteiger partial charge in [0.2, 0.25) is 5.88 Å². The third-order valence-corrected chi connectivity index (χ3v) is 8.25. The molecule has 7 nitrogen and oxygen atoms in total. The Kier molecular flexibility index (Phi) is 7.26. The highest BCUT2D eigenvalue weighted by molar-refractivity contribution is 5.96. The second kappa shape index (κ2) is 11.1. The minimum absolute atomic E-state index is 0.118. The lowest BCUT2D eigenvalue weighted by Crippen LogP contribution is -2.43. The van der Waals surface area contributed by atoms with Gasteiger partial charge in [-0.3, -0.25) is 4.79 Å². The number of benzene rings is 3. The van der Waals surface area contributed by atoms with Gasteiger partial charge in [-0.2, -0.15) is 5.10 Å². The van der Waals surface area contributed by atoms with Crippen LogP contribution in [-0.4, -0.2) is 49.4 Å².